The SMILES string of the molecule is CCCOc1ccc(CCN)c(OCC(N)=O)c1. The Hall–Kier alpha value is -1.75. The number of primary amides is 1. The van der Waals surface area contributed by atoms with Crippen LogP contribution in [0.3, 0.4) is 0 Å². The molecule has 5 nitrogen and oxygen atoms in total. The van der Waals surface area contributed by atoms with Crippen LogP contribution in [0.4, 0.5) is 0 Å². The molecule has 0 aliphatic carbocycles. The normalized spacial score (nSPS) is 10.1. The summed E-state index contributed by atoms with van der Waals surface area (Å²) in [4.78, 5) is 10.7. The molecule has 0 unspecified atom stereocenters. The van der Waals surface area contributed by atoms with Crippen LogP contribution in [0.25, 0.3) is 0 Å². The molecule has 18 heavy (non-hydrogen) atoms. The molecule has 1 aromatic rings. The average Bonchev–Trinajstić information content (AvgIpc) is 2.36. The molecule has 0 aromatic heterocycles. The minimum Gasteiger partial charge on any atom is -0.493 e. The molecular formula is C13H20N2O3. The highest BCUT2D eigenvalue weighted by Gasteiger charge is 2.07. The molecule has 0 heterocycles. The zero-order chi connectivity index (χ0) is 13.4. The minimum atomic E-state index is -0.506. The number of benzene rings is 1. The molecule has 100 valence electrons. The zero-order valence-corrected chi connectivity index (χ0v) is 10.6. The Morgan fingerprint density at radius 3 is 2.72 bits per heavy atom. The van der Waals surface area contributed by atoms with Gasteiger partial charge in [-0.2, -0.15) is 0 Å². The number of hydrogen-bond donors (Lipinski definition) is 2. The minimum absolute atomic E-state index is 0.144. The molecule has 0 spiro atoms. The Morgan fingerprint density at radius 1 is 1.33 bits per heavy atom. The lowest BCUT2D eigenvalue weighted by atomic mass is 10.1. The van der Waals surface area contributed by atoms with E-state index >= 15 is 0 Å². The van der Waals surface area contributed by atoms with Gasteiger partial charge < -0.3 is 20.9 Å². The standard InChI is InChI=1S/C13H20N2O3/c1-2-7-17-11-4-3-10(5-6-14)12(8-11)18-9-13(15)16/h3-4,8H,2,5-7,9,14H2,1H3,(H2,15,16). The third-order valence-corrected chi connectivity index (χ3v) is 2.30. The van der Waals surface area contributed by atoms with E-state index in [9.17, 15) is 4.79 Å². The lowest BCUT2D eigenvalue weighted by Gasteiger charge is -2.12. The van der Waals surface area contributed by atoms with Gasteiger partial charge in [0.2, 0.25) is 0 Å². The highest BCUT2D eigenvalue weighted by molar-refractivity contribution is 5.75. The van der Waals surface area contributed by atoms with Crippen molar-refractivity contribution in [1.82, 2.24) is 0 Å². The third kappa shape index (κ3) is 4.63. The molecule has 0 aliphatic heterocycles. The van der Waals surface area contributed by atoms with Crippen molar-refractivity contribution < 1.29 is 14.3 Å². The van der Waals surface area contributed by atoms with Crippen molar-refractivity contribution in [3.8, 4) is 11.5 Å². The first-order chi connectivity index (χ1) is 8.67. The summed E-state index contributed by atoms with van der Waals surface area (Å²) < 4.78 is 10.9. The number of carbonyl (C=O) groups is 1. The first-order valence-corrected chi connectivity index (χ1v) is 6.04. The van der Waals surface area contributed by atoms with Crippen LogP contribution in [0, 0.1) is 0 Å². The van der Waals surface area contributed by atoms with E-state index in [1.54, 1.807) is 6.07 Å². The molecule has 1 amide bonds. The Bertz CT molecular complexity index is 394. The van der Waals surface area contributed by atoms with E-state index in [4.69, 9.17) is 20.9 Å². The Morgan fingerprint density at radius 2 is 2.11 bits per heavy atom. The summed E-state index contributed by atoms with van der Waals surface area (Å²) in [6, 6.07) is 5.54. The van der Waals surface area contributed by atoms with Crippen molar-refractivity contribution in [2.75, 3.05) is 19.8 Å². The van der Waals surface area contributed by atoms with E-state index < -0.39 is 5.91 Å². The first kappa shape index (κ1) is 14.3. The monoisotopic (exact) mass is 252 g/mol. The molecule has 0 aliphatic rings. The van der Waals surface area contributed by atoms with Gasteiger partial charge in [-0.05, 0) is 31.0 Å². The van der Waals surface area contributed by atoms with Crippen LogP contribution in [0.5, 0.6) is 11.5 Å². The van der Waals surface area contributed by atoms with E-state index in [1.165, 1.54) is 0 Å². The summed E-state index contributed by atoms with van der Waals surface area (Å²) >= 11 is 0. The predicted octanol–water partition coefficient (Wildman–Crippen LogP) is 0.841. The second-order valence-corrected chi connectivity index (χ2v) is 3.91. The fraction of sp³-hybridized carbons (Fsp3) is 0.462. The van der Waals surface area contributed by atoms with Gasteiger partial charge in [-0.25, -0.2) is 0 Å². The quantitative estimate of drug-likeness (QED) is 0.717. The summed E-state index contributed by atoms with van der Waals surface area (Å²) in [5.74, 6) is 0.818. The number of hydrogen-bond acceptors (Lipinski definition) is 4. The van der Waals surface area contributed by atoms with Crippen molar-refractivity contribution in [3.05, 3.63) is 23.8 Å². The van der Waals surface area contributed by atoms with E-state index in [1.807, 2.05) is 19.1 Å². The fourth-order valence-electron chi connectivity index (χ4n) is 1.49. The highest BCUT2D eigenvalue weighted by Crippen LogP contribution is 2.25. The van der Waals surface area contributed by atoms with Gasteiger partial charge in [-0.3, -0.25) is 4.79 Å². The lowest BCUT2D eigenvalue weighted by Crippen LogP contribution is -2.20. The third-order valence-electron chi connectivity index (χ3n) is 2.30. The molecule has 5 heteroatoms. The van der Waals surface area contributed by atoms with Crippen LogP contribution in [0.1, 0.15) is 18.9 Å². The number of amides is 1. The molecule has 0 saturated heterocycles. The molecule has 1 aromatic carbocycles. The maximum absolute atomic E-state index is 10.7. The van der Waals surface area contributed by atoms with E-state index in [0.717, 1.165) is 17.7 Å². The van der Waals surface area contributed by atoms with Crippen LogP contribution in [-0.2, 0) is 11.2 Å². The second-order valence-electron chi connectivity index (χ2n) is 3.91. The lowest BCUT2D eigenvalue weighted by molar-refractivity contribution is -0.119. The fourth-order valence-corrected chi connectivity index (χ4v) is 1.49. The van der Waals surface area contributed by atoms with Gasteiger partial charge in [0.15, 0.2) is 6.61 Å². The van der Waals surface area contributed by atoms with Crippen LogP contribution in [0.15, 0.2) is 18.2 Å². The molecule has 0 atom stereocenters. The maximum atomic E-state index is 10.7. The van der Waals surface area contributed by atoms with Crippen molar-refractivity contribution in [3.63, 3.8) is 0 Å². The van der Waals surface area contributed by atoms with Gasteiger partial charge in [0.1, 0.15) is 11.5 Å². The van der Waals surface area contributed by atoms with Crippen molar-refractivity contribution in [1.29, 1.82) is 0 Å². The predicted molar refractivity (Wildman–Crippen MR) is 69.7 cm³/mol. The van der Waals surface area contributed by atoms with Gasteiger partial charge in [0, 0.05) is 6.07 Å². The van der Waals surface area contributed by atoms with E-state index in [0.29, 0.717) is 25.3 Å². The van der Waals surface area contributed by atoms with Gasteiger partial charge in [-0.15, -0.1) is 0 Å². The Labute approximate surface area is 107 Å². The summed E-state index contributed by atoms with van der Waals surface area (Å²) in [6.07, 6.45) is 1.62. The molecule has 1 rings (SSSR count). The van der Waals surface area contributed by atoms with Gasteiger partial charge in [-0.1, -0.05) is 13.0 Å². The largest absolute Gasteiger partial charge is 0.493 e. The van der Waals surface area contributed by atoms with Crippen LogP contribution < -0.4 is 20.9 Å². The van der Waals surface area contributed by atoms with Crippen molar-refractivity contribution in [2.45, 2.75) is 19.8 Å². The number of nitrogens with two attached hydrogens (primary N) is 2. The van der Waals surface area contributed by atoms with Gasteiger partial charge in [0.25, 0.3) is 5.91 Å². The molecule has 0 saturated carbocycles. The summed E-state index contributed by atoms with van der Waals surface area (Å²) in [7, 11) is 0. The van der Waals surface area contributed by atoms with E-state index in [-0.39, 0.29) is 6.61 Å². The molecular weight excluding hydrogens is 232 g/mol. The summed E-state index contributed by atoms with van der Waals surface area (Å²) in [5.41, 5.74) is 11.5. The number of rotatable bonds is 8. The molecule has 0 fully saturated rings. The number of carbonyl (C=O) groups excluding carboxylic acids is 1. The molecule has 0 radical (unpaired) electrons. The number of ether oxygens (including phenoxy) is 2. The average molecular weight is 252 g/mol. The topological polar surface area (TPSA) is 87.6 Å². The Kier molecular flexibility index (Phi) is 6.00. The first-order valence-electron chi connectivity index (χ1n) is 6.04. The van der Waals surface area contributed by atoms with Crippen LogP contribution >= 0.6 is 0 Å². The smallest absolute Gasteiger partial charge is 0.255 e. The summed E-state index contributed by atoms with van der Waals surface area (Å²) in [6.45, 7) is 3.05. The zero-order valence-electron chi connectivity index (χ0n) is 10.6. The molecule has 4 N–H and O–H groups in total. The van der Waals surface area contributed by atoms with Gasteiger partial charge in [0.05, 0.1) is 6.61 Å². The van der Waals surface area contributed by atoms with Gasteiger partial charge >= 0.3 is 0 Å². The maximum Gasteiger partial charge on any atom is 0.255 e. The van der Waals surface area contributed by atoms with Crippen LogP contribution in [0.2, 0.25) is 0 Å². The molecule has 0 bridgehead atoms. The highest BCUT2D eigenvalue weighted by atomic mass is 16.5. The second kappa shape index (κ2) is 7.55. The van der Waals surface area contributed by atoms with Crippen molar-refractivity contribution in [2.24, 2.45) is 11.5 Å². The van der Waals surface area contributed by atoms with Crippen molar-refractivity contribution >= 4 is 5.91 Å². The van der Waals surface area contributed by atoms with E-state index in [2.05, 4.69) is 0 Å². The van der Waals surface area contributed by atoms with Crippen LogP contribution in [-0.4, -0.2) is 25.7 Å². The Balaban J connectivity index is 2.81. The summed E-state index contributed by atoms with van der Waals surface area (Å²) in [5, 5.41) is 0.